The van der Waals surface area contributed by atoms with Crippen LogP contribution in [-0.4, -0.2) is 37.4 Å². The van der Waals surface area contributed by atoms with E-state index in [4.69, 9.17) is 22.1 Å². The van der Waals surface area contributed by atoms with Crippen molar-refractivity contribution in [2.75, 3.05) is 26.0 Å². The average Bonchev–Trinajstić information content (AvgIpc) is 2.29. The second-order valence-corrected chi connectivity index (χ2v) is 3.99. The van der Waals surface area contributed by atoms with Crippen LogP contribution in [0.15, 0.2) is 18.2 Å². The molecule has 94 valence electrons. The third-order valence-electron chi connectivity index (χ3n) is 2.12. The number of methoxy groups -OCH3 is 1. The standard InChI is InChI=1S/C11H15ClN2O3/c1-17-6-8(15)5-14-11(16)9-4-7(12)2-3-10(9)13/h2-4,8,15H,5-6,13H2,1H3,(H,14,16). The number of aliphatic hydroxyl groups excluding tert-OH is 1. The maximum atomic E-state index is 11.7. The van der Waals surface area contributed by atoms with Crippen molar-refractivity contribution in [2.24, 2.45) is 0 Å². The molecule has 1 aromatic rings. The number of nitrogens with one attached hydrogen (secondary N) is 1. The number of anilines is 1. The molecule has 1 rings (SSSR count). The normalized spacial score (nSPS) is 12.2. The number of benzene rings is 1. The lowest BCUT2D eigenvalue weighted by Gasteiger charge is -2.11. The molecule has 1 aromatic carbocycles. The van der Waals surface area contributed by atoms with E-state index < -0.39 is 6.10 Å². The SMILES string of the molecule is COCC(O)CNC(=O)c1cc(Cl)ccc1N. The molecule has 0 aliphatic carbocycles. The van der Waals surface area contributed by atoms with Crippen LogP contribution in [0.5, 0.6) is 0 Å². The Hall–Kier alpha value is -1.30. The molecule has 0 saturated carbocycles. The van der Waals surface area contributed by atoms with Crippen LogP contribution in [0.3, 0.4) is 0 Å². The molecule has 0 aliphatic rings. The fourth-order valence-corrected chi connectivity index (χ4v) is 1.45. The summed E-state index contributed by atoms with van der Waals surface area (Å²) in [6, 6.07) is 4.64. The maximum absolute atomic E-state index is 11.7. The van der Waals surface area contributed by atoms with Crippen LogP contribution in [0, 0.1) is 0 Å². The summed E-state index contributed by atoms with van der Waals surface area (Å²) in [5, 5.41) is 12.3. The zero-order chi connectivity index (χ0) is 12.8. The minimum Gasteiger partial charge on any atom is -0.398 e. The number of halogens is 1. The minimum absolute atomic E-state index is 0.0959. The molecule has 17 heavy (non-hydrogen) atoms. The van der Waals surface area contributed by atoms with Gasteiger partial charge in [-0.05, 0) is 18.2 Å². The van der Waals surface area contributed by atoms with Crippen LogP contribution < -0.4 is 11.1 Å². The van der Waals surface area contributed by atoms with E-state index in [1.165, 1.54) is 13.2 Å². The number of carbonyl (C=O) groups is 1. The molecule has 1 unspecified atom stereocenters. The summed E-state index contributed by atoms with van der Waals surface area (Å²) in [5.41, 5.74) is 6.28. The van der Waals surface area contributed by atoms with Crippen LogP contribution in [0.2, 0.25) is 5.02 Å². The number of nitrogens with two attached hydrogens (primary N) is 1. The molecule has 0 spiro atoms. The predicted molar refractivity (Wildman–Crippen MR) is 66.1 cm³/mol. The van der Waals surface area contributed by atoms with Gasteiger partial charge in [0.05, 0.1) is 18.3 Å². The van der Waals surface area contributed by atoms with Gasteiger partial charge < -0.3 is 20.9 Å². The van der Waals surface area contributed by atoms with Crippen molar-refractivity contribution >= 4 is 23.2 Å². The summed E-state index contributed by atoms with van der Waals surface area (Å²) in [6.45, 7) is 0.254. The molecule has 4 N–H and O–H groups in total. The summed E-state index contributed by atoms with van der Waals surface area (Å²) in [6.07, 6.45) is -0.746. The lowest BCUT2D eigenvalue weighted by molar-refractivity contribution is 0.0610. The Labute approximate surface area is 105 Å². The molecule has 0 bridgehead atoms. The minimum atomic E-state index is -0.746. The van der Waals surface area contributed by atoms with E-state index >= 15 is 0 Å². The Morgan fingerprint density at radius 3 is 3.00 bits per heavy atom. The summed E-state index contributed by atoms with van der Waals surface area (Å²) in [5.74, 6) is -0.375. The zero-order valence-electron chi connectivity index (χ0n) is 9.44. The molecular weight excluding hydrogens is 244 g/mol. The highest BCUT2D eigenvalue weighted by Crippen LogP contribution is 2.17. The smallest absolute Gasteiger partial charge is 0.253 e. The van der Waals surface area contributed by atoms with Gasteiger partial charge in [0.15, 0.2) is 0 Å². The topological polar surface area (TPSA) is 84.6 Å². The predicted octanol–water partition coefficient (Wildman–Crippen LogP) is 0.659. The highest BCUT2D eigenvalue weighted by atomic mass is 35.5. The van der Waals surface area contributed by atoms with Crippen LogP contribution in [0.25, 0.3) is 0 Å². The first-order valence-corrected chi connectivity index (χ1v) is 5.42. The number of amides is 1. The van der Waals surface area contributed by atoms with Gasteiger partial charge in [-0.2, -0.15) is 0 Å². The van der Waals surface area contributed by atoms with Crippen molar-refractivity contribution in [3.63, 3.8) is 0 Å². The molecule has 1 amide bonds. The Balaban J connectivity index is 2.61. The molecular formula is C11H15ClN2O3. The van der Waals surface area contributed by atoms with Gasteiger partial charge >= 0.3 is 0 Å². The van der Waals surface area contributed by atoms with Gasteiger partial charge in [-0.3, -0.25) is 4.79 Å². The first-order valence-electron chi connectivity index (χ1n) is 5.04. The Morgan fingerprint density at radius 1 is 1.65 bits per heavy atom. The number of hydrogen-bond donors (Lipinski definition) is 3. The highest BCUT2D eigenvalue weighted by molar-refractivity contribution is 6.31. The monoisotopic (exact) mass is 258 g/mol. The van der Waals surface area contributed by atoms with E-state index in [0.717, 1.165) is 0 Å². The van der Waals surface area contributed by atoms with E-state index in [1.807, 2.05) is 0 Å². The van der Waals surface area contributed by atoms with Crippen molar-refractivity contribution in [3.05, 3.63) is 28.8 Å². The molecule has 6 heteroatoms. The molecule has 0 aromatic heterocycles. The lowest BCUT2D eigenvalue weighted by Crippen LogP contribution is -2.34. The van der Waals surface area contributed by atoms with Gasteiger partial charge in [0, 0.05) is 24.4 Å². The number of hydrogen-bond acceptors (Lipinski definition) is 4. The van der Waals surface area contributed by atoms with E-state index in [1.54, 1.807) is 12.1 Å². The van der Waals surface area contributed by atoms with Crippen LogP contribution in [-0.2, 0) is 4.74 Å². The van der Waals surface area contributed by atoms with Crippen molar-refractivity contribution < 1.29 is 14.6 Å². The molecule has 0 heterocycles. The summed E-state index contributed by atoms with van der Waals surface area (Å²) in [4.78, 5) is 11.7. The fourth-order valence-electron chi connectivity index (χ4n) is 1.28. The lowest BCUT2D eigenvalue weighted by atomic mass is 10.1. The van der Waals surface area contributed by atoms with Crippen molar-refractivity contribution in [2.45, 2.75) is 6.10 Å². The Bertz CT molecular complexity index is 398. The Kier molecular flexibility index (Phi) is 5.21. The molecule has 0 aliphatic heterocycles. The quantitative estimate of drug-likeness (QED) is 0.678. The zero-order valence-corrected chi connectivity index (χ0v) is 10.2. The number of rotatable bonds is 5. The first kappa shape index (κ1) is 13.8. The second kappa shape index (κ2) is 6.44. The Morgan fingerprint density at radius 2 is 2.35 bits per heavy atom. The summed E-state index contributed by atoms with van der Waals surface area (Å²) >= 11 is 5.77. The molecule has 5 nitrogen and oxygen atoms in total. The number of nitrogen functional groups attached to an aromatic ring is 1. The van der Waals surface area contributed by atoms with Crippen molar-refractivity contribution in [1.29, 1.82) is 0 Å². The van der Waals surface area contributed by atoms with E-state index in [2.05, 4.69) is 5.32 Å². The summed E-state index contributed by atoms with van der Waals surface area (Å²) < 4.78 is 4.74. The molecule has 1 atom stereocenters. The maximum Gasteiger partial charge on any atom is 0.253 e. The highest BCUT2D eigenvalue weighted by Gasteiger charge is 2.12. The van der Waals surface area contributed by atoms with E-state index in [9.17, 15) is 9.90 Å². The first-order chi connectivity index (χ1) is 8.04. The van der Waals surface area contributed by atoms with Gasteiger partial charge in [0.2, 0.25) is 0 Å². The van der Waals surface area contributed by atoms with Crippen molar-refractivity contribution in [3.8, 4) is 0 Å². The van der Waals surface area contributed by atoms with Gasteiger partial charge in [-0.1, -0.05) is 11.6 Å². The third-order valence-corrected chi connectivity index (χ3v) is 2.35. The van der Waals surface area contributed by atoms with E-state index in [0.29, 0.717) is 16.3 Å². The number of ether oxygens (including phenoxy) is 1. The van der Waals surface area contributed by atoms with Crippen LogP contribution in [0.1, 0.15) is 10.4 Å². The molecule has 0 fully saturated rings. The van der Waals surface area contributed by atoms with Crippen LogP contribution >= 0.6 is 11.6 Å². The van der Waals surface area contributed by atoms with Gasteiger partial charge in [0.25, 0.3) is 5.91 Å². The van der Waals surface area contributed by atoms with Crippen LogP contribution in [0.4, 0.5) is 5.69 Å². The third kappa shape index (κ3) is 4.22. The largest absolute Gasteiger partial charge is 0.398 e. The summed E-state index contributed by atoms with van der Waals surface area (Å²) in [7, 11) is 1.47. The van der Waals surface area contributed by atoms with Gasteiger partial charge in [-0.25, -0.2) is 0 Å². The fraction of sp³-hybridized carbons (Fsp3) is 0.364. The van der Waals surface area contributed by atoms with Gasteiger partial charge in [-0.15, -0.1) is 0 Å². The molecule has 0 saturated heterocycles. The van der Waals surface area contributed by atoms with Gasteiger partial charge in [0.1, 0.15) is 0 Å². The van der Waals surface area contributed by atoms with E-state index in [-0.39, 0.29) is 19.1 Å². The second-order valence-electron chi connectivity index (χ2n) is 3.55. The number of aliphatic hydroxyl groups is 1. The molecule has 0 radical (unpaired) electrons. The van der Waals surface area contributed by atoms with Crippen molar-refractivity contribution in [1.82, 2.24) is 5.32 Å². The number of carbonyl (C=O) groups excluding carboxylic acids is 1. The average molecular weight is 259 g/mol.